The largest absolute Gasteiger partial charge is 0.480 e. The van der Waals surface area contributed by atoms with Crippen LogP contribution < -0.4 is 0 Å². The van der Waals surface area contributed by atoms with Crippen LogP contribution in [0.4, 0.5) is 0 Å². The molecule has 0 amide bonds. The van der Waals surface area contributed by atoms with Crippen LogP contribution in [0.25, 0.3) is 0 Å². The van der Waals surface area contributed by atoms with Gasteiger partial charge in [-0.1, -0.05) is 0 Å². The molecule has 0 aromatic heterocycles. The van der Waals surface area contributed by atoms with Crippen molar-refractivity contribution in [3.63, 3.8) is 0 Å². The molecule has 1 aliphatic carbocycles. The molecule has 0 aromatic rings. The van der Waals surface area contributed by atoms with Gasteiger partial charge in [-0.25, -0.2) is 0 Å². The van der Waals surface area contributed by atoms with Crippen molar-refractivity contribution in [3.05, 3.63) is 0 Å². The first-order valence-electron chi connectivity index (χ1n) is 4.80. The molecule has 74 valence electrons. The third kappa shape index (κ3) is 1.69. The Morgan fingerprint density at radius 2 is 2.23 bits per heavy atom. The lowest BCUT2D eigenvalue weighted by atomic mass is 9.88. The number of carboxylic acids is 1. The number of aliphatic hydroxyl groups is 1. The zero-order chi connectivity index (χ0) is 9.42. The van der Waals surface area contributed by atoms with E-state index in [1.807, 2.05) is 4.90 Å². The Morgan fingerprint density at radius 3 is 2.85 bits per heavy atom. The van der Waals surface area contributed by atoms with E-state index < -0.39 is 5.97 Å². The van der Waals surface area contributed by atoms with E-state index in [-0.39, 0.29) is 12.6 Å². The Bertz CT molecular complexity index is 219. The average molecular weight is 185 g/mol. The maximum atomic E-state index is 10.5. The lowest BCUT2D eigenvalue weighted by Gasteiger charge is -2.24. The summed E-state index contributed by atoms with van der Waals surface area (Å²) in [6.07, 6.45) is 2.57. The highest BCUT2D eigenvalue weighted by Crippen LogP contribution is 2.35. The number of rotatable bonds is 2. The molecule has 0 spiro atoms. The van der Waals surface area contributed by atoms with Gasteiger partial charge in [0.25, 0.3) is 0 Å². The summed E-state index contributed by atoms with van der Waals surface area (Å²) in [7, 11) is 0. The molecule has 1 saturated heterocycles. The van der Waals surface area contributed by atoms with Crippen LogP contribution in [0.2, 0.25) is 0 Å². The molecule has 3 unspecified atom stereocenters. The third-order valence-corrected chi connectivity index (χ3v) is 3.24. The van der Waals surface area contributed by atoms with E-state index in [4.69, 9.17) is 5.11 Å². The summed E-state index contributed by atoms with van der Waals surface area (Å²) < 4.78 is 0. The minimum atomic E-state index is -0.762. The Labute approximate surface area is 77.2 Å². The second-order valence-electron chi connectivity index (χ2n) is 4.12. The maximum Gasteiger partial charge on any atom is 0.317 e. The fourth-order valence-corrected chi connectivity index (χ4v) is 2.57. The van der Waals surface area contributed by atoms with Crippen LogP contribution in [0, 0.1) is 5.92 Å². The van der Waals surface area contributed by atoms with Crippen LogP contribution in [0.15, 0.2) is 0 Å². The number of nitrogens with zero attached hydrogens (tertiary/aromatic N) is 1. The monoisotopic (exact) mass is 185 g/mol. The highest BCUT2D eigenvalue weighted by Gasteiger charge is 2.40. The van der Waals surface area contributed by atoms with Gasteiger partial charge in [0.2, 0.25) is 0 Å². The van der Waals surface area contributed by atoms with Gasteiger partial charge in [0, 0.05) is 12.6 Å². The molecule has 13 heavy (non-hydrogen) atoms. The number of hydrogen-bond acceptors (Lipinski definition) is 3. The number of likely N-dealkylation sites (tertiary alicyclic amines) is 1. The molecule has 2 fully saturated rings. The minimum absolute atomic E-state index is 0.133. The maximum absolute atomic E-state index is 10.5. The fourth-order valence-electron chi connectivity index (χ4n) is 2.57. The van der Waals surface area contributed by atoms with E-state index in [0.29, 0.717) is 12.0 Å². The summed E-state index contributed by atoms with van der Waals surface area (Å²) in [5.74, 6) is -0.444. The number of carbonyl (C=O) groups is 1. The molecule has 2 N–H and O–H groups in total. The summed E-state index contributed by atoms with van der Waals surface area (Å²) in [5.41, 5.74) is 0. The Hall–Kier alpha value is -0.610. The first-order chi connectivity index (χ1) is 6.16. The first-order valence-corrected chi connectivity index (χ1v) is 4.80. The van der Waals surface area contributed by atoms with Crippen molar-refractivity contribution in [3.8, 4) is 0 Å². The topological polar surface area (TPSA) is 60.8 Å². The summed E-state index contributed by atoms with van der Waals surface area (Å²) in [6.45, 7) is 0.895. The smallest absolute Gasteiger partial charge is 0.317 e. The minimum Gasteiger partial charge on any atom is -0.480 e. The fraction of sp³-hybridized carbons (Fsp3) is 0.889. The quantitative estimate of drug-likeness (QED) is 0.631. The van der Waals surface area contributed by atoms with E-state index in [1.165, 1.54) is 0 Å². The van der Waals surface area contributed by atoms with Crippen molar-refractivity contribution in [1.82, 2.24) is 4.90 Å². The summed E-state index contributed by atoms with van der Waals surface area (Å²) >= 11 is 0. The zero-order valence-corrected chi connectivity index (χ0v) is 7.52. The predicted molar refractivity (Wildman–Crippen MR) is 46.3 cm³/mol. The van der Waals surface area contributed by atoms with E-state index in [0.717, 1.165) is 25.8 Å². The third-order valence-electron chi connectivity index (χ3n) is 3.24. The van der Waals surface area contributed by atoms with Crippen molar-refractivity contribution in [1.29, 1.82) is 0 Å². The number of aliphatic carboxylic acids is 1. The molecule has 2 rings (SSSR count). The summed E-state index contributed by atoms with van der Waals surface area (Å²) in [5, 5.41) is 18.2. The molecule has 0 aromatic carbocycles. The van der Waals surface area contributed by atoms with Crippen LogP contribution in [-0.2, 0) is 4.79 Å². The number of hydrogen-bond donors (Lipinski definition) is 2. The van der Waals surface area contributed by atoms with Crippen LogP contribution in [0.1, 0.15) is 19.3 Å². The standard InChI is InChI=1S/C9H15NO3/c11-8-2-1-7-3-6(8)4-10(7)5-9(12)13/h6-8,11H,1-5H2,(H,12,13). The van der Waals surface area contributed by atoms with Crippen molar-refractivity contribution in [2.24, 2.45) is 5.92 Å². The van der Waals surface area contributed by atoms with Gasteiger partial charge in [0.15, 0.2) is 0 Å². The lowest BCUT2D eigenvalue weighted by Crippen LogP contribution is -2.33. The van der Waals surface area contributed by atoms with Gasteiger partial charge in [0.1, 0.15) is 0 Å². The zero-order valence-electron chi connectivity index (χ0n) is 7.52. The SMILES string of the molecule is O=C(O)CN1CC2CC1CCC2O. The van der Waals surface area contributed by atoms with E-state index in [1.54, 1.807) is 0 Å². The Balaban J connectivity index is 1.98. The normalized spacial score (nSPS) is 39.3. The van der Waals surface area contributed by atoms with Gasteiger partial charge in [-0.15, -0.1) is 0 Å². The van der Waals surface area contributed by atoms with Gasteiger partial charge in [-0.05, 0) is 25.2 Å². The molecule has 1 heterocycles. The average Bonchev–Trinajstić information content (AvgIpc) is 2.37. The lowest BCUT2D eigenvalue weighted by molar-refractivity contribution is -0.138. The van der Waals surface area contributed by atoms with Crippen molar-refractivity contribution >= 4 is 5.97 Å². The first kappa shape index (κ1) is 8.97. The van der Waals surface area contributed by atoms with Gasteiger partial charge in [-0.3, -0.25) is 9.69 Å². The van der Waals surface area contributed by atoms with Crippen molar-refractivity contribution in [2.75, 3.05) is 13.1 Å². The molecule has 2 aliphatic rings. The second kappa shape index (κ2) is 3.27. The second-order valence-corrected chi connectivity index (χ2v) is 4.12. The molecule has 1 aliphatic heterocycles. The van der Waals surface area contributed by atoms with Gasteiger partial charge < -0.3 is 10.2 Å². The van der Waals surface area contributed by atoms with Crippen LogP contribution >= 0.6 is 0 Å². The van der Waals surface area contributed by atoms with E-state index >= 15 is 0 Å². The Morgan fingerprint density at radius 1 is 1.46 bits per heavy atom. The predicted octanol–water partition coefficient (Wildman–Crippen LogP) is -0.0838. The van der Waals surface area contributed by atoms with Gasteiger partial charge in [0.05, 0.1) is 12.6 Å². The van der Waals surface area contributed by atoms with E-state index in [2.05, 4.69) is 0 Å². The van der Waals surface area contributed by atoms with Crippen LogP contribution in [0.5, 0.6) is 0 Å². The van der Waals surface area contributed by atoms with E-state index in [9.17, 15) is 9.90 Å². The van der Waals surface area contributed by atoms with Crippen molar-refractivity contribution < 1.29 is 15.0 Å². The number of fused-ring (bicyclic) bond motifs is 2. The Kier molecular flexibility index (Phi) is 2.26. The van der Waals surface area contributed by atoms with Crippen molar-refractivity contribution in [2.45, 2.75) is 31.4 Å². The van der Waals surface area contributed by atoms with Crippen LogP contribution in [0.3, 0.4) is 0 Å². The molecule has 2 bridgehead atoms. The van der Waals surface area contributed by atoms with Gasteiger partial charge >= 0.3 is 5.97 Å². The summed E-state index contributed by atoms with van der Waals surface area (Å²) in [4.78, 5) is 12.5. The number of aliphatic hydroxyl groups excluding tert-OH is 1. The highest BCUT2D eigenvalue weighted by molar-refractivity contribution is 5.69. The molecule has 0 radical (unpaired) electrons. The molecule has 1 saturated carbocycles. The molecule has 3 atom stereocenters. The molecule has 4 heteroatoms. The summed E-state index contributed by atoms with van der Waals surface area (Å²) in [6, 6.07) is 0.407. The molecule has 4 nitrogen and oxygen atoms in total. The molecular weight excluding hydrogens is 170 g/mol. The van der Waals surface area contributed by atoms with Crippen LogP contribution in [-0.4, -0.2) is 46.3 Å². The highest BCUT2D eigenvalue weighted by atomic mass is 16.4. The van der Waals surface area contributed by atoms with Gasteiger partial charge in [-0.2, -0.15) is 0 Å². The number of carboxylic acid groups (broad SMARTS) is 1. The molecular formula is C9H15NO3.